The predicted molar refractivity (Wildman–Crippen MR) is 105 cm³/mol. The van der Waals surface area contributed by atoms with Crippen LogP contribution in [0.3, 0.4) is 0 Å². The molecular weight excluding hydrogens is 352 g/mol. The van der Waals surface area contributed by atoms with Crippen molar-refractivity contribution in [1.82, 2.24) is 5.43 Å². The van der Waals surface area contributed by atoms with Gasteiger partial charge in [-0.05, 0) is 57.5 Å². The van der Waals surface area contributed by atoms with E-state index < -0.39 is 0 Å². The van der Waals surface area contributed by atoms with E-state index in [9.17, 15) is 4.79 Å². The summed E-state index contributed by atoms with van der Waals surface area (Å²) >= 11 is 6.31. The van der Waals surface area contributed by atoms with Crippen LogP contribution in [-0.4, -0.2) is 24.8 Å². The third kappa shape index (κ3) is 5.49. The zero-order valence-electron chi connectivity index (χ0n) is 15.4. The number of carbonyl (C=O) groups is 1. The number of hydrazone groups is 1. The minimum Gasteiger partial charge on any atom is -0.490 e. The van der Waals surface area contributed by atoms with Gasteiger partial charge in [-0.1, -0.05) is 29.3 Å². The average Bonchev–Trinajstić information content (AvgIpc) is 2.58. The molecule has 0 saturated carbocycles. The number of amides is 1. The molecule has 2 aromatic rings. The van der Waals surface area contributed by atoms with E-state index in [0.29, 0.717) is 34.3 Å². The standard InChI is InChI=1S/C20H23ClN2O3/c1-5-25-18-11-15(10-17(21)19(18)26-13(2)3)12-22-23-20(24)16-8-6-14(4)7-9-16/h6-13H,5H2,1-4H3,(H,23,24)/b22-12-. The molecule has 138 valence electrons. The highest BCUT2D eigenvalue weighted by atomic mass is 35.5. The second-order valence-electron chi connectivity index (χ2n) is 5.99. The van der Waals surface area contributed by atoms with Gasteiger partial charge in [0.25, 0.3) is 5.91 Å². The summed E-state index contributed by atoms with van der Waals surface area (Å²) in [6, 6.07) is 10.7. The lowest BCUT2D eigenvalue weighted by Crippen LogP contribution is -2.17. The van der Waals surface area contributed by atoms with E-state index >= 15 is 0 Å². The van der Waals surface area contributed by atoms with Gasteiger partial charge in [-0.15, -0.1) is 0 Å². The number of hydrogen-bond acceptors (Lipinski definition) is 4. The summed E-state index contributed by atoms with van der Waals surface area (Å²) in [6.45, 7) is 8.17. The number of hydrogen-bond donors (Lipinski definition) is 1. The van der Waals surface area contributed by atoms with Crippen molar-refractivity contribution in [3.63, 3.8) is 0 Å². The fourth-order valence-corrected chi connectivity index (χ4v) is 2.47. The van der Waals surface area contributed by atoms with Crippen molar-refractivity contribution in [2.24, 2.45) is 5.10 Å². The number of halogens is 1. The lowest BCUT2D eigenvalue weighted by atomic mass is 10.1. The maximum Gasteiger partial charge on any atom is 0.271 e. The molecule has 6 heteroatoms. The van der Waals surface area contributed by atoms with Crippen LogP contribution in [0.2, 0.25) is 5.02 Å². The van der Waals surface area contributed by atoms with Crippen LogP contribution >= 0.6 is 11.6 Å². The van der Waals surface area contributed by atoms with Crippen LogP contribution in [0.1, 0.15) is 42.3 Å². The number of nitrogens with one attached hydrogen (secondary N) is 1. The van der Waals surface area contributed by atoms with Gasteiger partial charge in [-0.3, -0.25) is 4.79 Å². The first kappa shape index (κ1) is 19.8. The average molecular weight is 375 g/mol. The van der Waals surface area contributed by atoms with Crippen molar-refractivity contribution in [2.75, 3.05) is 6.61 Å². The van der Waals surface area contributed by atoms with Crippen LogP contribution in [0.25, 0.3) is 0 Å². The van der Waals surface area contributed by atoms with Crippen molar-refractivity contribution >= 4 is 23.7 Å². The normalized spacial score (nSPS) is 11.0. The van der Waals surface area contributed by atoms with Crippen LogP contribution in [0.4, 0.5) is 0 Å². The molecule has 0 atom stereocenters. The minimum absolute atomic E-state index is 0.0278. The Bertz CT molecular complexity index is 786. The second kappa shape index (κ2) is 9.25. The Balaban J connectivity index is 2.14. The number of benzene rings is 2. The largest absolute Gasteiger partial charge is 0.490 e. The van der Waals surface area contributed by atoms with E-state index in [2.05, 4.69) is 10.5 Å². The first-order chi connectivity index (χ1) is 12.4. The maximum atomic E-state index is 12.1. The molecule has 2 aromatic carbocycles. The maximum absolute atomic E-state index is 12.1. The second-order valence-corrected chi connectivity index (χ2v) is 6.40. The Hall–Kier alpha value is -2.53. The molecule has 0 fully saturated rings. The molecule has 5 nitrogen and oxygen atoms in total. The monoisotopic (exact) mass is 374 g/mol. The highest BCUT2D eigenvalue weighted by Crippen LogP contribution is 2.37. The van der Waals surface area contributed by atoms with Gasteiger partial charge >= 0.3 is 0 Å². The fourth-order valence-electron chi connectivity index (χ4n) is 2.21. The van der Waals surface area contributed by atoms with Gasteiger partial charge in [-0.25, -0.2) is 5.43 Å². The van der Waals surface area contributed by atoms with Gasteiger partial charge in [0.2, 0.25) is 0 Å². The summed E-state index contributed by atoms with van der Waals surface area (Å²) in [5.74, 6) is 0.765. The predicted octanol–water partition coefficient (Wildman–Crippen LogP) is 4.60. The lowest BCUT2D eigenvalue weighted by Gasteiger charge is -2.16. The molecular formula is C20H23ClN2O3. The van der Waals surface area contributed by atoms with Crippen LogP contribution in [0, 0.1) is 6.92 Å². The SMILES string of the molecule is CCOc1cc(/C=N\NC(=O)c2ccc(C)cc2)cc(Cl)c1OC(C)C. The fraction of sp³-hybridized carbons (Fsp3) is 0.300. The molecule has 0 aliphatic rings. The van der Waals surface area contributed by atoms with Gasteiger partial charge in [0.15, 0.2) is 11.5 Å². The summed E-state index contributed by atoms with van der Waals surface area (Å²) in [5.41, 5.74) is 4.83. The van der Waals surface area contributed by atoms with Gasteiger partial charge in [0, 0.05) is 5.56 Å². The molecule has 0 spiro atoms. The van der Waals surface area contributed by atoms with Crippen molar-refractivity contribution in [2.45, 2.75) is 33.8 Å². The highest BCUT2D eigenvalue weighted by molar-refractivity contribution is 6.32. The zero-order chi connectivity index (χ0) is 19.1. The van der Waals surface area contributed by atoms with E-state index in [1.54, 1.807) is 24.3 Å². The Morgan fingerprint density at radius 3 is 2.58 bits per heavy atom. The van der Waals surface area contributed by atoms with E-state index in [-0.39, 0.29) is 12.0 Å². The topological polar surface area (TPSA) is 59.9 Å². The molecule has 1 N–H and O–H groups in total. The Morgan fingerprint density at radius 2 is 1.96 bits per heavy atom. The van der Waals surface area contributed by atoms with Crippen molar-refractivity contribution in [3.05, 3.63) is 58.1 Å². The number of carbonyl (C=O) groups excluding carboxylic acids is 1. The third-order valence-corrected chi connectivity index (χ3v) is 3.66. The number of ether oxygens (including phenoxy) is 2. The highest BCUT2D eigenvalue weighted by Gasteiger charge is 2.13. The quantitative estimate of drug-likeness (QED) is 0.569. The molecule has 0 saturated heterocycles. The Morgan fingerprint density at radius 1 is 1.27 bits per heavy atom. The van der Waals surface area contributed by atoms with Crippen LogP contribution < -0.4 is 14.9 Å². The van der Waals surface area contributed by atoms with E-state index in [4.69, 9.17) is 21.1 Å². The molecule has 0 heterocycles. The number of nitrogens with zero attached hydrogens (tertiary/aromatic N) is 1. The van der Waals surface area contributed by atoms with E-state index in [1.807, 2.05) is 39.8 Å². The Labute approximate surface area is 159 Å². The molecule has 0 aliphatic carbocycles. The van der Waals surface area contributed by atoms with Crippen molar-refractivity contribution in [3.8, 4) is 11.5 Å². The number of rotatable bonds is 7. The molecule has 0 bridgehead atoms. The minimum atomic E-state index is -0.280. The van der Waals surface area contributed by atoms with E-state index in [1.165, 1.54) is 6.21 Å². The van der Waals surface area contributed by atoms with Gasteiger partial charge in [0.05, 0.1) is 23.9 Å². The lowest BCUT2D eigenvalue weighted by molar-refractivity contribution is 0.0955. The molecule has 0 aliphatic heterocycles. The van der Waals surface area contributed by atoms with E-state index in [0.717, 1.165) is 5.56 Å². The molecule has 26 heavy (non-hydrogen) atoms. The first-order valence-corrected chi connectivity index (χ1v) is 8.81. The van der Waals surface area contributed by atoms with Gasteiger partial charge < -0.3 is 9.47 Å². The molecule has 1 amide bonds. The summed E-state index contributed by atoms with van der Waals surface area (Å²) in [6.07, 6.45) is 1.49. The van der Waals surface area contributed by atoms with Crippen molar-refractivity contribution < 1.29 is 14.3 Å². The number of aryl methyl sites for hydroxylation is 1. The van der Waals surface area contributed by atoms with Gasteiger partial charge in [-0.2, -0.15) is 5.10 Å². The molecule has 0 aromatic heterocycles. The summed E-state index contributed by atoms with van der Waals surface area (Å²) in [5, 5.41) is 4.42. The summed E-state index contributed by atoms with van der Waals surface area (Å²) < 4.78 is 11.3. The molecule has 0 unspecified atom stereocenters. The first-order valence-electron chi connectivity index (χ1n) is 8.43. The van der Waals surface area contributed by atoms with Crippen LogP contribution in [0.15, 0.2) is 41.5 Å². The van der Waals surface area contributed by atoms with Gasteiger partial charge in [0.1, 0.15) is 0 Å². The summed E-state index contributed by atoms with van der Waals surface area (Å²) in [4.78, 5) is 12.1. The van der Waals surface area contributed by atoms with Crippen molar-refractivity contribution in [1.29, 1.82) is 0 Å². The zero-order valence-corrected chi connectivity index (χ0v) is 16.1. The third-order valence-electron chi connectivity index (χ3n) is 3.38. The van der Waals surface area contributed by atoms with Crippen LogP contribution in [-0.2, 0) is 0 Å². The Kier molecular flexibility index (Phi) is 7.04. The summed E-state index contributed by atoms with van der Waals surface area (Å²) in [7, 11) is 0. The molecule has 2 rings (SSSR count). The van der Waals surface area contributed by atoms with Crippen LogP contribution in [0.5, 0.6) is 11.5 Å². The smallest absolute Gasteiger partial charge is 0.271 e. The molecule has 0 radical (unpaired) electrons.